The van der Waals surface area contributed by atoms with Crippen LogP contribution in [0.15, 0.2) is 58.0 Å². The van der Waals surface area contributed by atoms with Crippen molar-refractivity contribution in [1.82, 2.24) is 3.80 Å². The van der Waals surface area contributed by atoms with E-state index in [2.05, 4.69) is 104 Å². The molecule has 0 amide bonds. The average Bonchev–Trinajstić information content (AvgIpc) is 2.92. The van der Waals surface area contributed by atoms with Crippen LogP contribution >= 0.6 is 0 Å². The first-order valence-corrected chi connectivity index (χ1v) is 15.0. The summed E-state index contributed by atoms with van der Waals surface area (Å²) in [6.07, 6.45) is 1.08. The van der Waals surface area contributed by atoms with Crippen molar-refractivity contribution in [2.75, 3.05) is 0 Å². The van der Waals surface area contributed by atoms with Gasteiger partial charge in [0.05, 0.1) is 0 Å². The molecule has 1 nitrogen and oxygen atoms in total. The smallest absolute Gasteiger partial charge is 0.0149 e. The molecule has 0 unspecified atom stereocenters. The largest absolute Gasteiger partial charge is 1.00 e. The Balaban J connectivity index is 0.00000300. The maximum absolute atomic E-state index is 4.03. The standard InChI is InChI=1S/C20H19.C4H10N.2CH3.2ClH.H4Si.Ti/c1-14-4-9-17(10-5-14)19-13-8-16(3)20(19)18-11-6-15(2)7-12-18;1-4(2,3)5;;;;;;/h4-7,9-12H,13H2,1-3H3;5H,1-3H3;2*1H3;2*1H;1H4;/q;-1;;;;;;+3/p-2. The number of benzene rings is 2. The Morgan fingerprint density at radius 3 is 1.58 bits per heavy atom. The molecule has 0 bridgehead atoms. The molecule has 0 aliphatic heterocycles. The molecular formula is C26H39Cl2NSiTi. The van der Waals surface area contributed by atoms with E-state index >= 15 is 0 Å². The molecule has 0 heterocycles. The van der Waals surface area contributed by atoms with E-state index < -0.39 is 16.8 Å². The molecule has 0 aromatic heterocycles. The number of rotatable bonds is 4. The van der Waals surface area contributed by atoms with Crippen molar-refractivity contribution in [1.29, 1.82) is 0 Å². The van der Waals surface area contributed by atoms with Crippen molar-refractivity contribution in [3.8, 4) is 0 Å². The molecule has 2 aromatic carbocycles. The Kier molecular flexibility index (Phi) is 11.3. The summed E-state index contributed by atoms with van der Waals surface area (Å²) in [6.45, 7) is 13.5. The second kappa shape index (κ2) is 11.5. The molecular weight excluding hydrogens is 473 g/mol. The Labute approximate surface area is 210 Å². The predicted octanol–water partition coefficient (Wildman–Crippen LogP) is 0.00154. The maximum Gasteiger partial charge on any atom is -0.0149 e. The molecule has 31 heavy (non-hydrogen) atoms. The summed E-state index contributed by atoms with van der Waals surface area (Å²) in [5.74, 6) is 0. The summed E-state index contributed by atoms with van der Waals surface area (Å²) in [5, 5.41) is 5.02. The van der Waals surface area contributed by atoms with Crippen LogP contribution in [0.1, 0.15) is 56.4 Å². The van der Waals surface area contributed by atoms with Crippen LogP contribution in [0.25, 0.3) is 11.1 Å². The van der Waals surface area contributed by atoms with Gasteiger partial charge in [0.1, 0.15) is 0 Å². The molecule has 2 aromatic rings. The molecule has 3 rings (SSSR count). The molecule has 0 spiro atoms. The monoisotopic (exact) mass is 511 g/mol. The zero-order valence-corrected chi connectivity index (χ0v) is 22.7. The van der Waals surface area contributed by atoms with Crippen LogP contribution in [0.3, 0.4) is 0 Å². The van der Waals surface area contributed by atoms with E-state index in [1.165, 1.54) is 39.0 Å². The molecule has 5 heteroatoms. The first-order chi connectivity index (χ1) is 13.0. The molecule has 1 N–H and O–H groups in total. The fraction of sp³-hybridized carbons (Fsp3) is 0.385. The SMILES string of the molecule is CC1=[C]([Ti+2]([CH3])([CH3])[NH]C(C)(C)C)CC(c2ccc(C)cc2)=C1c1ccc(C)cc1.[Cl-].[Cl-].[SiH4]. The van der Waals surface area contributed by atoms with Crippen LogP contribution in [0.5, 0.6) is 0 Å². The Morgan fingerprint density at radius 1 is 0.742 bits per heavy atom. The van der Waals surface area contributed by atoms with Gasteiger partial charge < -0.3 is 24.8 Å². The van der Waals surface area contributed by atoms with E-state index in [1.54, 1.807) is 3.88 Å². The van der Waals surface area contributed by atoms with Gasteiger partial charge in [0, 0.05) is 0 Å². The van der Waals surface area contributed by atoms with Gasteiger partial charge in [0.2, 0.25) is 0 Å². The van der Waals surface area contributed by atoms with Crippen LogP contribution < -0.4 is 28.6 Å². The minimum atomic E-state index is -2.34. The quantitative estimate of drug-likeness (QED) is 0.570. The third-order valence-electron chi connectivity index (χ3n) is 5.67. The van der Waals surface area contributed by atoms with Crippen molar-refractivity contribution >= 4 is 22.1 Å². The van der Waals surface area contributed by atoms with Gasteiger partial charge in [-0.2, -0.15) is 0 Å². The van der Waals surface area contributed by atoms with Crippen LogP contribution in [0, 0.1) is 13.8 Å². The average molecular weight is 512 g/mol. The zero-order chi connectivity index (χ0) is 20.7. The molecule has 0 saturated carbocycles. The van der Waals surface area contributed by atoms with Crippen molar-refractivity contribution in [2.24, 2.45) is 0 Å². The normalized spacial score (nSPS) is 13.5. The van der Waals surface area contributed by atoms with Crippen LogP contribution in [-0.4, -0.2) is 16.5 Å². The maximum atomic E-state index is 4.03. The first kappa shape index (κ1) is 30.4. The number of nitrogens with one attached hydrogen (secondary N) is 1. The summed E-state index contributed by atoms with van der Waals surface area (Å²) in [5.41, 5.74) is 9.94. The summed E-state index contributed by atoms with van der Waals surface area (Å²) < 4.78 is 5.71. The van der Waals surface area contributed by atoms with E-state index in [0.717, 1.165) is 6.42 Å². The number of hydrogen-bond donors (Lipinski definition) is 1. The summed E-state index contributed by atoms with van der Waals surface area (Å²) in [4.78, 5) is 0. The zero-order valence-electron chi connectivity index (χ0n) is 19.6. The van der Waals surface area contributed by atoms with Gasteiger partial charge in [-0.3, -0.25) is 0 Å². The van der Waals surface area contributed by atoms with Gasteiger partial charge in [-0.1, -0.05) is 0 Å². The van der Waals surface area contributed by atoms with Crippen LogP contribution in [0.2, 0.25) is 10.5 Å². The summed E-state index contributed by atoms with van der Waals surface area (Å²) in [7, 11) is 0. The Hall–Kier alpha value is -0.609. The van der Waals surface area contributed by atoms with Gasteiger partial charge in [0.15, 0.2) is 0 Å². The van der Waals surface area contributed by atoms with Gasteiger partial charge in [-0.05, 0) is 11.0 Å². The van der Waals surface area contributed by atoms with E-state index in [9.17, 15) is 0 Å². The summed E-state index contributed by atoms with van der Waals surface area (Å²) in [6, 6.07) is 18.1. The van der Waals surface area contributed by atoms with Gasteiger partial charge >= 0.3 is 176 Å². The van der Waals surface area contributed by atoms with Crippen LogP contribution in [0.4, 0.5) is 0 Å². The Morgan fingerprint density at radius 2 is 1.16 bits per heavy atom. The van der Waals surface area contributed by atoms with Gasteiger partial charge in [-0.25, -0.2) is 0 Å². The van der Waals surface area contributed by atoms with E-state index in [0.29, 0.717) is 0 Å². The number of allylic oxidation sites excluding steroid dienone is 4. The molecule has 170 valence electrons. The molecule has 0 saturated heterocycles. The van der Waals surface area contributed by atoms with Gasteiger partial charge in [0.25, 0.3) is 0 Å². The second-order valence-corrected chi connectivity index (χ2v) is 16.3. The first-order valence-electron chi connectivity index (χ1n) is 10.3. The van der Waals surface area contributed by atoms with Crippen molar-refractivity contribution in [3.05, 3.63) is 80.2 Å². The number of aryl methyl sites for hydroxylation is 2. The minimum absolute atomic E-state index is 0. The van der Waals surface area contributed by atoms with Crippen molar-refractivity contribution < 1.29 is 41.7 Å². The third kappa shape index (κ3) is 7.19. The molecule has 1 aliphatic carbocycles. The second-order valence-electron chi connectivity index (χ2n) is 9.87. The number of hydrogen-bond acceptors (Lipinski definition) is 1. The topological polar surface area (TPSA) is 12.0 Å². The molecule has 0 atom stereocenters. The molecule has 0 fully saturated rings. The van der Waals surface area contributed by atoms with E-state index in [-0.39, 0.29) is 41.3 Å². The molecule has 0 radical (unpaired) electrons. The third-order valence-corrected chi connectivity index (χ3v) is 11.0. The minimum Gasteiger partial charge on any atom is -1.00 e. The predicted molar refractivity (Wildman–Crippen MR) is 132 cm³/mol. The fourth-order valence-corrected chi connectivity index (χ4v) is 10.4. The summed E-state index contributed by atoms with van der Waals surface area (Å²) >= 11 is -2.34. The van der Waals surface area contributed by atoms with Crippen molar-refractivity contribution in [3.63, 3.8) is 0 Å². The van der Waals surface area contributed by atoms with E-state index in [4.69, 9.17) is 0 Å². The molecule has 1 aliphatic rings. The van der Waals surface area contributed by atoms with Crippen LogP contribution in [-0.2, 0) is 16.8 Å². The van der Waals surface area contributed by atoms with Crippen molar-refractivity contribution in [2.45, 2.75) is 64.0 Å². The Bertz CT molecular complexity index is 937. The fourth-order valence-electron chi connectivity index (χ4n) is 4.59. The van der Waals surface area contributed by atoms with E-state index in [1.807, 2.05) is 0 Å². The van der Waals surface area contributed by atoms with Gasteiger partial charge in [-0.15, -0.1) is 0 Å². The number of halogens is 2.